The Kier molecular flexibility index (Phi) is 7.83. The molecule has 1 aliphatic rings. The second-order valence-electron chi connectivity index (χ2n) is 9.70. The van der Waals surface area contributed by atoms with Gasteiger partial charge in [0.05, 0.1) is 16.6 Å². The molecule has 1 unspecified atom stereocenters. The quantitative estimate of drug-likeness (QED) is 0.529. The zero-order valence-electron chi connectivity index (χ0n) is 21.0. The van der Waals surface area contributed by atoms with Crippen LogP contribution in [-0.4, -0.2) is 51.7 Å². The molecule has 3 rings (SSSR count). The molecule has 8 heteroatoms. The van der Waals surface area contributed by atoms with E-state index in [1.54, 1.807) is 24.0 Å². The van der Waals surface area contributed by atoms with E-state index in [-0.39, 0.29) is 5.97 Å². The number of carboxylic acid groups (broad SMARTS) is 1. The highest BCUT2D eigenvalue weighted by Gasteiger charge is 2.41. The second kappa shape index (κ2) is 10.5. The third-order valence-corrected chi connectivity index (χ3v) is 6.65. The first-order valence-electron chi connectivity index (χ1n) is 11.9. The van der Waals surface area contributed by atoms with Gasteiger partial charge in [-0.15, -0.1) is 0 Å². The number of rotatable bonds is 7. The lowest BCUT2D eigenvalue weighted by atomic mass is 9.78. The van der Waals surface area contributed by atoms with E-state index in [2.05, 4.69) is 4.98 Å². The average Bonchev–Trinajstić information content (AvgIpc) is 2.81. The fraction of sp³-hybridized carbons (Fsp3) is 0.481. The predicted octanol–water partition coefficient (Wildman–Crippen LogP) is 5.36. The number of carbonyl (C=O) groups is 3. The SMILES string of the molecule is CCC(C)(C)OC(=O)N1CCC(C=Cc2ccc3ccc(C(C)OC(C)=O)nc3c2)(C(=O)O)CC1. The highest BCUT2D eigenvalue weighted by Crippen LogP contribution is 2.35. The lowest BCUT2D eigenvalue weighted by molar-refractivity contribution is -0.148. The summed E-state index contributed by atoms with van der Waals surface area (Å²) in [6.45, 7) is 9.42. The molecule has 1 aromatic heterocycles. The first kappa shape index (κ1) is 26.2. The highest BCUT2D eigenvalue weighted by molar-refractivity contribution is 5.83. The number of hydrogen-bond donors (Lipinski definition) is 1. The Labute approximate surface area is 205 Å². The smallest absolute Gasteiger partial charge is 0.410 e. The lowest BCUT2D eigenvalue weighted by Gasteiger charge is -2.38. The summed E-state index contributed by atoms with van der Waals surface area (Å²) in [6.07, 6.45) is 3.95. The summed E-state index contributed by atoms with van der Waals surface area (Å²) < 4.78 is 10.8. The molecule has 0 aliphatic carbocycles. The summed E-state index contributed by atoms with van der Waals surface area (Å²) >= 11 is 0. The van der Waals surface area contributed by atoms with Crippen molar-refractivity contribution in [2.75, 3.05) is 13.1 Å². The number of ether oxygens (including phenoxy) is 2. The summed E-state index contributed by atoms with van der Waals surface area (Å²) in [5.41, 5.74) is 0.559. The third kappa shape index (κ3) is 6.38. The molecule has 0 bridgehead atoms. The Balaban J connectivity index is 1.76. The van der Waals surface area contributed by atoms with E-state index in [9.17, 15) is 19.5 Å². The fourth-order valence-electron chi connectivity index (χ4n) is 3.96. The molecule has 1 aromatic carbocycles. The van der Waals surface area contributed by atoms with Crippen molar-refractivity contribution in [1.29, 1.82) is 0 Å². The lowest BCUT2D eigenvalue weighted by Crippen LogP contribution is -2.47. The van der Waals surface area contributed by atoms with Gasteiger partial charge in [-0.25, -0.2) is 9.78 Å². The molecule has 1 amide bonds. The van der Waals surface area contributed by atoms with Crippen molar-refractivity contribution in [2.45, 2.75) is 65.6 Å². The normalized spacial score (nSPS) is 16.8. The summed E-state index contributed by atoms with van der Waals surface area (Å²) in [7, 11) is 0. The maximum absolute atomic E-state index is 12.5. The van der Waals surface area contributed by atoms with Crippen molar-refractivity contribution >= 4 is 35.0 Å². The summed E-state index contributed by atoms with van der Waals surface area (Å²) in [4.78, 5) is 42.2. The third-order valence-electron chi connectivity index (χ3n) is 6.65. The number of carboxylic acids is 1. The van der Waals surface area contributed by atoms with Crippen LogP contribution in [0, 0.1) is 5.41 Å². The van der Waals surface area contributed by atoms with Gasteiger partial charge in [-0.2, -0.15) is 0 Å². The predicted molar refractivity (Wildman–Crippen MR) is 133 cm³/mol. The topological polar surface area (TPSA) is 106 Å². The molecule has 2 heterocycles. The summed E-state index contributed by atoms with van der Waals surface area (Å²) in [6, 6.07) is 9.45. The Hall–Kier alpha value is -3.42. The molecule has 1 atom stereocenters. The number of fused-ring (bicyclic) bond motifs is 1. The van der Waals surface area contributed by atoms with Crippen LogP contribution in [0.4, 0.5) is 4.79 Å². The Bertz CT molecular complexity index is 1130. The van der Waals surface area contributed by atoms with Crippen LogP contribution in [0.2, 0.25) is 0 Å². The summed E-state index contributed by atoms with van der Waals surface area (Å²) in [5.74, 6) is -1.28. The number of aromatic nitrogens is 1. The van der Waals surface area contributed by atoms with Gasteiger partial charge in [-0.3, -0.25) is 9.59 Å². The molecule has 1 fully saturated rings. The Morgan fingerprint density at radius 3 is 2.46 bits per heavy atom. The largest absolute Gasteiger partial charge is 0.481 e. The highest BCUT2D eigenvalue weighted by atomic mass is 16.6. The molecule has 1 aliphatic heterocycles. The van der Waals surface area contributed by atoms with E-state index in [4.69, 9.17) is 9.47 Å². The molecule has 0 spiro atoms. The van der Waals surface area contributed by atoms with Gasteiger partial charge in [0.15, 0.2) is 0 Å². The first-order valence-corrected chi connectivity index (χ1v) is 11.9. The number of piperidine rings is 1. The molecule has 2 aromatic rings. The Morgan fingerprint density at radius 2 is 1.86 bits per heavy atom. The molecule has 0 saturated carbocycles. The minimum atomic E-state index is -1.06. The number of amides is 1. The fourth-order valence-corrected chi connectivity index (χ4v) is 3.96. The number of carbonyl (C=O) groups excluding carboxylic acids is 2. The van der Waals surface area contributed by atoms with Crippen LogP contribution in [0.3, 0.4) is 0 Å². The molecule has 35 heavy (non-hydrogen) atoms. The van der Waals surface area contributed by atoms with E-state index in [1.165, 1.54) is 6.92 Å². The van der Waals surface area contributed by atoms with E-state index >= 15 is 0 Å². The van der Waals surface area contributed by atoms with Crippen LogP contribution < -0.4 is 0 Å². The van der Waals surface area contributed by atoms with Crippen molar-refractivity contribution < 1.29 is 29.0 Å². The van der Waals surface area contributed by atoms with E-state index < -0.39 is 29.2 Å². The zero-order chi connectivity index (χ0) is 25.8. The molecule has 1 saturated heterocycles. The van der Waals surface area contributed by atoms with Gasteiger partial charge >= 0.3 is 18.0 Å². The van der Waals surface area contributed by atoms with Gasteiger partial charge in [-0.1, -0.05) is 37.3 Å². The van der Waals surface area contributed by atoms with Gasteiger partial charge < -0.3 is 19.5 Å². The van der Waals surface area contributed by atoms with Crippen LogP contribution in [-0.2, 0) is 19.1 Å². The number of benzene rings is 1. The number of hydrogen-bond acceptors (Lipinski definition) is 6. The number of likely N-dealkylation sites (tertiary alicyclic amines) is 1. The van der Waals surface area contributed by atoms with Crippen LogP contribution in [0.1, 0.15) is 71.2 Å². The van der Waals surface area contributed by atoms with Crippen molar-refractivity contribution in [3.05, 3.63) is 47.7 Å². The Morgan fingerprint density at radius 1 is 1.20 bits per heavy atom. The number of nitrogens with zero attached hydrogens (tertiary/aromatic N) is 2. The zero-order valence-corrected chi connectivity index (χ0v) is 21.0. The number of aliphatic carboxylic acids is 1. The van der Waals surface area contributed by atoms with Crippen LogP contribution in [0.25, 0.3) is 17.0 Å². The van der Waals surface area contributed by atoms with Crippen molar-refractivity contribution in [3.63, 3.8) is 0 Å². The average molecular weight is 483 g/mol. The van der Waals surface area contributed by atoms with Gasteiger partial charge in [0, 0.05) is 25.4 Å². The number of esters is 1. The maximum Gasteiger partial charge on any atom is 0.410 e. The van der Waals surface area contributed by atoms with Gasteiger partial charge in [0.2, 0.25) is 0 Å². The molecule has 8 nitrogen and oxygen atoms in total. The minimum Gasteiger partial charge on any atom is -0.481 e. The van der Waals surface area contributed by atoms with E-state index in [0.717, 1.165) is 16.5 Å². The van der Waals surface area contributed by atoms with Crippen molar-refractivity contribution in [2.24, 2.45) is 5.41 Å². The molecular weight excluding hydrogens is 448 g/mol. The van der Waals surface area contributed by atoms with E-state index in [0.29, 0.717) is 38.0 Å². The van der Waals surface area contributed by atoms with Crippen LogP contribution >= 0.6 is 0 Å². The van der Waals surface area contributed by atoms with Gasteiger partial charge in [0.25, 0.3) is 0 Å². The summed E-state index contributed by atoms with van der Waals surface area (Å²) in [5, 5.41) is 10.9. The molecule has 188 valence electrons. The monoisotopic (exact) mass is 482 g/mol. The first-order chi connectivity index (χ1) is 16.4. The van der Waals surface area contributed by atoms with E-state index in [1.807, 2.05) is 51.1 Å². The second-order valence-corrected chi connectivity index (χ2v) is 9.70. The molecule has 1 N–H and O–H groups in total. The van der Waals surface area contributed by atoms with Crippen molar-refractivity contribution in [1.82, 2.24) is 9.88 Å². The van der Waals surface area contributed by atoms with Crippen LogP contribution in [0.15, 0.2) is 36.4 Å². The number of pyridine rings is 1. The maximum atomic E-state index is 12.5. The molecule has 0 radical (unpaired) electrons. The van der Waals surface area contributed by atoms with Crippen LogP contribution in [0.5, 0.6) is 0 Å². The van der Waals surface area contributed by atoms with Gasteiger partial charge in [-0.05, 0) is 57.7 Å². The standard InChI is InChI=1S/C27H34N2O6/c1-6-26(4,5)35-25(33)29-15-13-27(14-16-29,24(31)32)12-11-20-7-8-21-9-10-22(28-23(21)17-20)18(2)34-19(3)30/h7-12,17-18H,6,13-16H2,1-5H3,(H,31,32). The minimum absolute atomic E-state index is 0.302. The molecular formula is C27H34N2O6. The van der Waals surface area contributed by atoms with Gasteiger partial charge in [0.1, 0.15) is 11.7 Å². The van der Waals surface area contributed by atoms with Crippen molar-refractivity contribution in [3.8, 4) is 0 Å².